The molecule has 0 aliphatic heterocycles. The van der Waals surface area contributed by atoms with Crippen LogP contribution in [0.5, 0.6) is 5.75 Å². The van der Waals surface area contributed by atoms with E-state index in [4.69, 9.17) is 4.74 Å². The van der Waals surface area contributed by atoms with E-state index in [-0.39, 0.29) is 12.5 Å². The summed E-state index contributed by atoms with van der Waals surface area (Å²) in [6.45, 7) is 1.92. The second-order valence-electron chi connectivity index (χ2n) is 5.14. The number of urea groups is 1. The third kappa shape index (κ3) is 5.31. The van der Waals surface area contributed by atoms with Crippen LogP contribution in [0.15, 0.2) is 48.5 Å². The summed E-state index contributed by atoms with van der Waals surface area (Å²) in [7, 11) is 1.58. The fourth-order valence-corrected chi connectivity index (χ4v) is 2.08. The number of benzene rings is 2. The van der Waals surface area contributed by atoms with Crippen molar-refractivity contribution in [3.63, 3.8) is 0 Å². The average Bonchev–Trinajstić information content (AvgIpc) is 2.61. The molecule has 3 amide bonds. The van der Waals surface area contributed by atoms with E-state index in [1.807, 2.05) is 25.1 Å². The van der Waals surface area contributed by atoms with Crippen molar-refractivity contribution >= 4 is 23.3 Å². The van der Waals surface area contributed by atoms with Gasteiger partial charge in [-0.25, -0.2) is 4.79 Å². The molecule has 0 saturated carbocycles. The second-order valence-corrected chi connectivity index (χ2v) is 5.14. The van der Waals surface area contributed by atoms with Crippen LogP contribution in [0, 0.1) is 0 Å². The van der Waals surface area contributed by atoms with Crippen molar-refractivity contribution < 1.29 is 14.3 Å². The first-order valence-corrected chi connectivity index (χ1v) is 7.68. The molecule has 0 unspecified atom stereocenters. The van der Waals surface area contributed by atoms with E-state index < -0.39 is 6.03 Å². The van der Waals surface area contributed by atoms with Crippen molar-refractivity contribution in [2.75, 3.05) is 24.3 Å². The zero-order chi connectivity index (χ0) is 17.4. The van der Waals surface area contributed by atoms with E-state index in [9.17, 15) is 9.59 Å². The van der Waals surface area contributed by atoms with Crippen LogP contribution in [0.25, 0.3) is 0 Å². The van der Waals surface area contributed by atoms with Gasteiger partial charge in [-0.2, -0.15) is 0 Å². The van der Waals surface area contributed by atoms with Gasteiger partial charge in [0, 0.05) is 11.4 Å². The van der Waals surface area contributed by atoms with Crippen LogP contribution in [-0.4, -0.2) is 25.6 Å². The van der Waals surface area contributed by atoms with Gasteiger partial charge in [0.05, 0.1) is 13.7 Å². The highest BCUT2D eigenvalue weighted by molar-refractivity contribution is 5.96. The smallest absolute Gasteiger partial charge is 0.319 e. The first kappa shape index (κ1) is 17.3. The lowest BCUT2D eigenvalue weighted by molar-refractivity contribution is -0.115. The van der Waals surface area contributed by atoms with Crippen molar-refractivity contribution in [1.82, 2.24) is 5.32 Å². The van der Waals surface area contributed by atoms with Crippen molar-refractivity contribution in [3.05, 3.63) is 54.1 Å². The minimum absolute atomic E-state index is 0.120. The zero-order valence-electron chi connectivity index (χ0n) is 13.8. The topological polar surface area (TPSA) is 79.5 Å². The molecule has 24 heavy (non-hydrogen) atoms. The van der Waals surface area contributed by atoms with Crippen molar-refractivity contribution in [3.8, 4) is 5.75 Å². The Morgan fingerprint density at radius 2 is 1.75 bits per heavy atom. The largest absolute Gasteiger partial charge is 0.497 e. The van der Waals surface area contributed by atoms with E-state index in [2.05, 4.69) is 16.0 Å². The Kier molecular flexibility index (Phi) is 6.19. The van der Waals surface area contributed by atoms with Gasteiger partial charge in [-0.15, -0.1) is 0 Å². The van der Waals surface area contributed by atoms with E-state index in [1.165, 1.54) is 0 Å². The first-order valence-electron chi connectivity index (χ1n) is 7.68. The van der Waals surface area contributed by atoms with Crippen LogP contribution in [0.4, 0.5) is 16.2 Å². The molecule has 0 fully saturated rings. The van der Waals surface area contributed by atoms with Gasteiger partial charge in [0.2, 0.25) is 5.91 Å². The maximum atomic E-state index is 11.8. The molecule has 0 spiro atoms. The van der Waals surface area contributed by atoms with E-state index >= 15 is 0 Å². The highest BCUT2D eigenvalue weighted by atomic mass is 16.5. The first-order chi connectivity index (χ1) is 11.6. The Bertz CT molecular complexity index is 699. The van der Waals surface area contributed by atoms with Gasteiger partial charge in [0.1, 0.15) is 5.75 Å². The molecule has 126 valence electrons. The average molecular weight is 327 g/mol. The molecule has 0 heterocycles. The minimum atomic E-state index is -0.423. The molecule has 0 saturated heterocycles. The fraction of sp³-hybridized carbons (Fsp3) is 0.222. The second kappa shape index (κ2) is 8.57. The van der Waals surface area contributed by atoms with E-state index in [1.54, 1.807) is 37.4 Å². The van der Waals surface area contributed by atoms with Gasteiger partial charge in [0.25, 0.3) is 0 Å². The normalized spacial score (nSPS) is 9.92. The Morgan fingerprint density at radius 3 is 2.42 bits per heavy atom. The Hall–Kier alpha value is -3.02. The number of amides is 3. The lowest BCUT2D eigenvalue weighted by atomic mass is 10.1. The Balaban J connectivity index is 1.78. The summed E-state index contributed by atoms with van der Waals surface area (Å²) < 4.78 is 5.05. The molecule has 0 radical (unpaired) electrons. The van der Waals surface area contributed by atoms with Crippen molar-refractivity contribution in [1.29, 1.82) is 0 Å². The van der Waals surface area contributed by atoms with Gasteiger partial charge in [0.15, 0.2) is 0 Å². The lowest BCUT2D eigenvalue weighted by Crippen LogP contribution is -2.35. The molecule has 2 rings (SSSR count). The summed E-state index contributed by atoms with van der Waals surface area (Å²) in [5, 5.41) is 7.92. The number of aryl methyl sites for hydroxylation is 1. The van der Waals surface area contributed by atoms with Crippen molar-refractivity contribution in [2.45, 2.75) is 13.3 Å². The molecule has 0 aliphatic rings. The van der Waals surface area contributed by atoms with Crippen LogP contribution in [0.1, 0.15) is 12.5 Å². The zero-order valence-corrected chi connectivity index (χ0v) is 13.8. The van der Waals surface area contributed by atoms with E-state index in [0.29, 0.717) is 17.1 Å². The van der Waals surface area contributed by atoms with Gasteiger partial charge in [-0.3, -0.25) is 4.79 Å². The summed E-state index contributed by atoms with van der Waals surface area (Å²) in [5.74, 6) is 0.400. The molecule has 0 aliphatic carbocycles. The molecule has 6 heteroatoms. The minimum Gasteiger partial charge on any atom is -0.497 e. The SMILES string of the molecule is CCc1cccc(NC(=O)NCC(=O)Nc2ccc(OC)cc2)c1. The van der Waals surface area contributed by atoms with Crippen LogP contribution in [0.2, 0.25) is 0 Å². The summed E-state index contributed by atoms with van der Waals surface area (Å²) in [4.78, 5) is 23.7. The molecule has 2 aromatic rings. The standard InChI is InChI=1S/C18H21N3O3/c1-3-13-5-4-6-15(11-13)21-18(23)19-12-17(22)20-14-7-9-16(24-2)10-8-14/h4-11H,3,12H2,1-2H3,(H,20,22)(H2,19,21,23). The van der Waals surface area contributed by atoms with E-state index in [0.717, 1.165) is 12.0 Å². The molecule has 6 nitrogen and oxygen atoms in total. The Labute approximate surface area is 141 Å². The summed E-state index contributed by atoms with van der Waals surface area (Å²) in [6, 6.07) is 14.1. The third-order valence-corrected chi connectivity index (χ3v) is 3.38. The predicted octanol–water partition coefficient (Wildman–Crippen LogP) is 3.02. The van der Waals surface area contributed by atoms with Gasteiger partial charge >= 0.3 is 6.03 Å². The number of ether oxygens (including phenoxy) is 1. The van der Waals surface area contributed by atoms with Crippen LogP contribution < -0.4 is 20.7 Å². The number of carbonyl (C=O) groups excluding carboxylic acids is 2. The third-order valence-electron chi connectivity index (χ3n) is 3.38. The highest BCUT2D eigenvalue weighted by Gasteiger charge is 2.06. The number of anilines is 2. The molecule has 0 atom stereocenters. The molecule has 0 bridgehead atoms. The maximum absolute atomic E-state index is 11.8. The molecular formula is C18H21N3O3. The molecular weight excluding hydrogens is 306 g/mol. The monoisotopic (exact) mass is 327 g/mol. The lowest BCUT2D eigenvalue weighted by Gasteiger charge is -2.09. The number of nitrogens with one attached hydrogen (secondary N) is 3. The number of carbonyl (C=O) groups is 2. The quantitative estimate of drug-likeness (QED) is 0.763. The van der Waals surface area contributed by atoms with Gasteiger partial charge in [-0.1, -0.05) is 19.1 Å². The number of hydrogen-bond acceptors (Lipinski definition) is 3. The molecule has 2 aromatic carbocycles. The Morgan fingerprint density at radius 1 is 1.00 bits per heavy atom. The van der Waals surface area contributed by atoms with Crippen LogP contribution >= 0.6 is 0 Å². The van der Waals surface area contributed by atoms with Gasteiger partial charge < -0.3 is 20.7 Å². The number of methoxy groups -OCH3 is 1. The number of hydrogen-bond donors (Lipinski definition) is 3. The maximum Gasteiger partial charge on any atom is 0.319 e. The summed E-state index contributed by atoms with van der Waals surface area (Å²) >= 11 is 0. The molecule has 3 N–H and O–H groups in total. The highest BCUT2D eigenvalue weighted by Crippen LogP contribution is 2.14. The van der Waals surface area contributed by atoms with Crippen LogP contribution in [0.3, 0.4) is 0 Å². The predicted molar refractivity (Wildman–Crippen MR) is 94.5 cm³/mol. The summed E-state index contributed by atoms with van der Waals surface area (Å²) in [5.41, 5.74) is 2.46. The summed E-state index contributed by atoms with van der Waals surface area (Å²) in [6.07, 6.45) is 0.890. The van der Waals surface area contributed by atoms with Gasteiger partial charge in [-0.05, 0) is 48.4 Å². The number of rotatable bonds is 6. The fourth-order valence-electron chi connectivity index (χ4n) is 2.08. The van der Waals surface area contributed by atoms with Crippen molar-refractivity contribution in [2.24, 2.45) is 0 Å². The molecule has 0 aromatic heterocycles. The van der Waals surface area contributed by atoms with Crippen LogP contribution in [-0.2, 0) is 11.2 Å².